The van der Waals surface area contributed by atoms with Gasteiger partial charge in [0.1, 0.15) is 11.5 Å². The summed E-state index contributed by atoms with van der Waals surface area (Å²) in [5.41, 5.74) is 23.4. The van der Waals surface area contributed by atoms with Crippen molar-refractivity contribution >= 4 is 92.2 Å². The first-order chi connectivity index (χ1) is 24.7. The Hall–Kier alpha value is -3.83. The number of methoxy groups -OCH3 is 2. The molecule has 0 atom stereocenters. The van der Waals surface area contributed by atoms with Crippen LogP contribution in [0.1, 0.15) is 60.4 Å². The van der Waals surface area contributed by atoms with E-state index in [1.54, 1.807) is 14.2 Å². The Kier molecular flexibility index (Phi) is 10.9. The van der Waals surface area contributed by atoms with Crippen LogP contribution in [0, 0.1) is 27.7 Å². The van der Waals surface area contributed by atoms with Crippen LogP contribution in [0.25, 0.3) is 11.1 Å². The number of hydrogen-bond donors (Lipinski definition) is 2. The monoisotopic (exact) mass is 948 g/mol. The number of hydrogen-bond acceptors (Lipinski definition) is 6. The number of nitrogen functional groups attached to an aromatic ring is 2. The quantitative estimate of drug-likeness (QED) is 0.0696. The lowest BCUT2D eigenvalue weighted by molar-refractivity contribution is 0.0298. The Labute approximate surface area is 337 Å². The van der Waals surface area contributed by atoms with E-state index in [4.69, 9.17) is 25.7 Å². The van der Waals surface area contributed by atoms with Gasteiger partial charge in [0, 0.05) is 46.0 Å². The van der Waals surface area contributed by atoms with Crippen molar-refractivity contribution < 1.29 is 19.0 Å². The second-order valence-electron chi connectivity index (χ2n) is 12.7. The molecule has 0 unspecified atom stereocenters. The molecule has 0 fully saturated rings. The fourth-order valence-corrected chi connectivity index (χ4v) is 9.03. The minimum absolute atomic E-state index is 0.374. The normalized spacial score (nSPS) is 15.8. The molecule has 0 amide bonds. The first kappa shape index (κ1) is 37.9. The van der Waals surface area contributed by atoms with E-state index in [2.05, 4.69) is 63.7 Å². The zero-order chi connectivity index (χ0) is 37.6. The van der Waals surface area contributed by atoms with Gasteiger partial charge in [-0.15, -0.1) is 0 Å². The van der Waals surface area contributed by atoms with Crippen molar-refractivity contribution in [1.82, 2.24) is 0 Å². The smallest absolute Gasteiger partial charge is 0.341 e. The summed E-state index contributed by atoms with van der Waals surface area (Å²) in [6, 6.07) is 23.6. The molecular formula is C42H36Br4N2O4. The average Bonchev–Trinajstić information content (AvgIpc) is 3.44. The molecule has 0 aliphatic carbocycles. The van der Waals surface area contributed by atoms with Crippen molar-refractivity contribution in [2.75, 3.05) is 25.7 Å². The molecule has 5 aromatic rings. The summed E-state index contributed by atoms with van der Waals surface area (Å²) >= 11 is 15.0. The van der Waals surface area contributed by atoms with Crippen molar-refractivity contribution in [3.05, 3.63) is 158 Å². The molecule has 10 heteroatoms. The molecule has 0 radical (unpaired) electrons. The number of carbonyl (C=O) groups is 1. The summed E-state index contributed by atoms with van der Waals surface area (Å²) in [5, 5.41) is 0. The van der Waals surface area contributed by atoms with Crippen molar-refractivity contribution in [1.29, 1.82) is 0 Å². The maximum atomic E-state index is 14.3. The van der Waals surface area contributed by atoms with Crippen molar-refractivity contribution in [3.8, 4) is 11.5 Å². The number of rotatable bonds is 8. The standard InChI is InChI=1S/C42H36Br4N2O4/c1-21-7-17-29(39(47)23(21)3)31(25-9-13-27(50-5)14-10-25)19-42(34-33(41(49)52-42)35(43)37(45)38(46)36(34)44)20-32(26-11-15-28(51-6)16-12-26)30-18-8-22(2)24(4)40(30)48/h7-20H,47-48H2,1-6H3. The molecule has 4 N–H and O–H groups in total. The Morgan fingerprint density at radius 1 is 0.615 bits per heavy atom. The third kappa shape index (κ3) is 6.63. The third-order valence-electron chi connectivity index (χ3n) is 9.79. The lowest BCUT2D eigenvalue weighted by Crippen LogP contribution is -2.23. The molecule has 1 aliphatic heterocycles. The van der Waals surface area contributed by atoms with Crippen LogP contribution < -0.4 is 20.9 Å². The van der Waals surface area contributed by atoms with E-state index in [1.165, 1.54) is 0 Å². The maximum absolute atomic E-state index is 14.3. The molecule has 0 saturated heterocycles. The van der Waals surface area contributed by atoms with E-state index < -0.39 is 11.6 Å². The number of cyclic esters (lactones) is 1. The van der Waals surface area contributed by atoms with Gasteiger partial charge in [-0.05, 0) is 172 Å². The van der Waals surface area contributed by atoms with Gasteiger partial charge in [-0.1, -0.05) is 48.5 Å². The highest BCUT2D eigenvalue weighted by molar-refractivity contribution is 9.15. The molecule has 6 rings (SSSR count). The van der Waals surface area contributed by atoms with Crippen molar-refractivity contribution in [2.24, 2.45) is 0 Å². The summed E-state index contributed by atoms with van der Waals surface area (Å²) in [5.74, 6) is 0.902. The molecule has 52 heavy (non-hydrogen) atoms. The number of ether oxygens (including phenoxy) is 3. The van der Waals surface area contributed by atoms with E-state index in [-0.39, 0.29) is 0 Å². The maximum Gasteiger partial charge on any atom is 0.341 e. The molecule has 1 heterocycles. The average molecular weight is 952 g/mol. The second-order valence-corrected chi connectivity index (χ2v) is 15.9. The minimum atomic E-state index is -1.50. The second kappa shape index (κ2) is 14.9. The number of benzene rings is 5. The Bertz CT molecular complexity index is 2190. The number of nitrogens with two attached hydrogens (primary N) is 2. The highest BCUT2D eigenvalue weighted by atomic mass is 79.9. The Morgan fingerprint density at radius 2 is 1.02 bits per heavy atom. The first-order valence-electron chi connectivity index (χ1n) is 16.3. The van der Waals surface area contributed by atoms with Crippen LogP contribution in [0.4, 0.5) is 11.4 Å². The molecule has 0 bridgehead atoms. The zero-order valence-corrected chi connectivity index (χ0v) is 35.7. The molecule has 0 spiro atoms. The predicted molar refractivity (Wildman–Crippen MR) is 225 cm³/mol. The number of carbonyl (C=O) groups excluding carboxylic acids is 1. The first-order valence-corrected chi connectivity index (χ1v) is 19.5. The van der Waals surface area contributed by atoms with Gasteiger partial charge < -0.3 is 25.7 Å². The van der Waals surface area contributed by atoms with Crippen LogP contribution in [0.15, 0.2) is 103 Å². The van der Waals surface area contributed by atoms with Gasteiger partial charge in [0.05, 0.1) is 19.8 Å². The number of fused-ring (bicyclic) bond motifs is 1. The molecule has 1 aliphatic rings. The van der Waals surface area contributed by atoms with Gasteiger partial charge in [0.2, 0.25) is 0 Å². The van der Waals surface area contributed by atoms with Crippen LogP contribution in [0.2, 0.25) is 0 Å². The number of anilines is 2. The van der Waals surface area contributed by atoms with Crippen LogP contribution in [0.3, 0.4) is 0 Å². The van der Waals surface area contributed by atoms with Gasteiger partial charge >= 0.3 is 5.97 Å². The number of esters is 1. The van der Waals surface area contributed by atoms with E-state index in [1.807, 2.05) is 113 Å². The lowest BCUT2D eigenvalue weighted by atomic mass is 9.82. The van der Waals surface area contributed by atoms with Crippen LogP contribution in [0.5, 0.6) is 11.5 Å². The summed E-state index contributed by atoms with van der Waals surface area (Å²) in [7, 11) is 3.26. The lowest BCUT2D eigenvalue weighted by Gasteiger charge is -2.28. The largest absolute Gasteiger partial charge is 0.497 e. The fraction of sp³-hybridized carbons (Fsp3) is 0.167. The molecule has 0 saturated carbocycles. The predicted octanol–water partition coefficient (Wildman–Crippen LogP) is 11.8. The molecule has 266 valence electrons. The van der Waals surface area contributed by atoms with Gasteiger partial charge in [0.15, 0.2) is 5.60 Å². The summed E-state index contributed by atoms with van der Waals surface area (Å²) in [6.45, 7) is 8.08. The fourth-order valence-electron chi connectivity index (χ4n) is 6.44. The van der Waals surface area contributed by atoms with Gasteiger partial charge in [0.25, 0.3) is 0 Å². The Morgan fingerprint density at radius 3 is 1.42 bits per heavy atom. The van der Waals surface area contributed by atoms with Crippen LogP contribution in [-0.4, -0.2) is 20.2 Å². The zero-order valence-electron chi connectivity index (χ0n) is 29.4. The third-order valence-corrected chi connectivity index (χ3v) is 14.6. The van der Waals surface area contributed by atoms with Gasteiger partial charge in [-0.3, -0.25) is 0 Å². The number of halogens is 4. The van der Waals surface area contributed by atoms with E-state index in [0.717, 1.165) is 55.7 Å². The molecule has 5 aromatic carbocycles. The summed E-state index contributed by atoms with van der Waals surface area (Å²) in [6.07, 6.45) is 3.97. The molecule has 6 nitrogen and oxygen atoms in total. The van der Waals surface area contributed by atoms with Crippen molar-refractivity contribution in [2.45, 2.75) is 33.3 Å². The van der Waals surface area contributed by atoms with E-state index in [0.29, 0.717) is 51.9 Å². The van der Waals surface area contributed by atoms with Crippen LogP contribution in [-0.2, 0) is 10.3 Å². The SMILES string of the molecule is COc1ccc(C(=CC2(C=C(c3ccc(OC)cc3)c3ccc(C)c(C)c3N)OC(=O)c3c(Br)c(Br)c(Br)c(Br)c32)c2ccc(C)c(C)c2N)cc1. The highest BCUT2D eigenvalue weighted by Gasteiger charge is 2.48. The van der Waals surface area contributed by atoms with Crippen molar-refractivity contribution in [3.63, 3.8) is 0 Å². The summed E-state index contributed by atoms with van der Waals surface area (Å²) < 4.78 is 20.3. The highest BCUT2D eigenvalue weighted by Crippen LogP contribution is 2.54. The topological polar surface area (TPSA) is 96.8 Å². The van der Waals surface area contributed by atoms with E-state index >= 15 is 0 Å². The van der Waals surface area contributed by atoms with Gasteiger partial charge in [-0.2, -0.15) is 0 Å². The van der Waals surface area contributed by atoms with Crippen LogP contribution >= 0.6 is 63.7 Å². The number of aryl methyl sites for hydroxylation is 2. The molecular weight excluding hydrogens is 916 g/mol. The Balaban J connectivity index is 1.81. The minimum Gasteiger partial charge on any atom is -0.497 e. The van der Waals surface area contributed by atoms with Gasteiger partial charge in [-0.25, -0.2) is 4.79 Å². The molecule has 0 aromatic heterocycles. The summed E-state index contributed by atoms with van der Waals surface area (Å²) in [4.78, 5) is 14.3. The van der Waals surface area contributed by atoms with E-state index in [9.17, 15) is 4.79 Å².